The van der Waals surface area contributed by atoms with Crippen LogP contribution in [0.1, 0.15) is 43.0 Å². The second-order valence-electron chi connectivity index (χ2n) is 6.78. The number of carbonyl (C=O) groups is 2. The van der Waals surface area contributed by atoms with Gasteiger partial charge in [0.05, 0.1) is 11.3 Å². The van der Waals surface area contributed by atoms with Crippen LogP contribution < -0.4 is 5.32 Å². The minimum absolute atomic E-state index is 0.00883. The minimum atomic E-state index is -0.955. The van der Waals surface area contributed by atoms with Crippen LogP contribution in [-0.2, 0) is 4.79 Å². The maximum atomic E-state index is 12.2. The summed E-state index contributed by atoms with van der Waals surface area (Å²) in [5.41, 5.74) is 0.256. The number of benzene rings is 1. The van der Waals surface area contributed by atoms with Crippen molar-refractivity contribution in [3.05, 3.63) is 29.8 Å². The SMILES string of the molecule is C[C@H](NC(=O)CSc1ccccc1C(=O)O)[C@@H]1C[C@H]2CC[C@H]1C2. The van der Waals surface area contributed by atoms with E-state index in [0.717, 1.165) is 11.8 Å². The molecule has 2 saturated carbocycles. The van der Waals surface area contributed by atoms with Gasteiger partial charge < -0.3 is 10.4 Å². The van der Waals surface area contributed by atoms with Crippen LogP contribution in [0.5, 0.6) is 0 Å². The van der Waals surface area contributed by atoms with E-state index in [0.29, 0.717) is 10.8 Å². The Kier molecular flexibility index (Phi) is 4.95. The summed E-state index contributed by atoms with van der Waals surface area (Å²) in [4.78, 5) is 24.0. The fraction of sp³-hybridized carbons (Fsp3) is 0.556. The number of rotatable bonds is 6. The predicted octanol–water partition coefficient (Wildman–Crippen LogP) is 3.42. The van der Waals surface area contributed by atoms with Crippen LogP contribution in [-0.4, -0.2) is 28.8 Å². The third kappa shape index (κ3) is 3.71. The molecular weight excluding hydrogens is 310 g/mol. The van der Waals surface area contributed by atoms with Crippen LogP contribution in [0.3, 0.4) is 0 Å². The molecule has 0 heterocycles. The fourth-order valence-electron chi connectivity index (χ4n) is 4.22. The monoisotopic (exact) mass is 333 g/mol. The van der Waals surface area contributed by atoms with E-state index in [1.807, 2.05) is 0 Å². The van der Waals surface area contributed by atoms with Crippen molar-refractivity contribution < 1.29 is 14.7 Å². The average molecular weight is 333 g/mol. The lowest BCUT2D eigenvalue weighted by molar-refractivity contribution is -0.119. The smallest absolute Gasteiger partial charge is 0.336 e. The van der Waals surface area contributed by atoms with E-state index in [1.54, 1.807) is 24.3 Å². The Hall–Kier alpha value is -1.49. The number of carbonyl (C=O) groups excluding carboxylic acids is 1. The van der Waals surface area contributed by atoms with Crippen molar-refractivity contribution in [3.63, 3.8) is 0 Å². The van der Waals surface area contributed by atoms with Crippen molar-refractivity contribution in [1.29, 1.82) is 0 Å². The molecule has 4 nitrogen and oxygen atoms in total. The van der Waals surface area contributed by atoms with Crippen molar-refractivity contribution in [3.8, 4) is 0 Å². The molecule has 2 aliphatic rings. The number of carboxylic acid groups (broad SMARTS) is 1. The number of carboxylic acids is 1. The molecule has 23 heavy (non-hydrogen) atoms. The highest BCUT2D eigenvalue weighted by Gasteiger charge is 2.42. The van der Waals surface area contributed by atoms with Crippen molar-refractivity contribution >= 4 is 23.6 Å². The average Bonchev–Trinajstić information content (AvgIpc) is 3.16. The molecule has 3 rings (SSSR count). The molecule has 1 aromatic carbocycles. The molecule has 5 heteroatoms. The van der Waals surface area contributed by atoms with Crippen LogP contribution in [0.15, 0.2) is 29.2 Å². The van der Waals surface area contributed by atoms with Gasteiger partial charge in [-0.2, -0.15) is 0 Å². The molecule has 1 amide bonds. The summed E-state index contributed by atoms with van der Waals surface area (Å²) in [5.74, 6) is 1.58. The lowest BCUT2D eigenvalue weighted by Gasteiger charge is -2.28. The van der Waals surface area contributed by atoms with Gasteiger partial charge in [0.15, 0.2) is 0 Å². The number of thioether (sulfide) groups is 1. The van der Waals surface area contributed by atoms with Gasteiger partial charge in [0.25, 0.3) is 0 Å². The zero-order valence-electron chi connectivity index (χ0n) is 13.3. The maximum absolute atomic E-state index is 12.2. The van der Waals surface area contributed by atoms with Gasteiger partial charge in [-0.15, -0.1) is 11.8 Å². The van der Waals surface area contributed by atoms with Gasteiger partial charge in [0, 0.05) is 10.9 Å². The summed E-state index contributed by atoms with van der Waals surface area (Å²) < 4.78 is 0. The Morgan fingerprint density at radius 2 is 2.09 bits per heavy atom. The van der Waals surface area contributed by atoms with E-state index in [4.69, 9.17) is 5.11 Å². The lowest BCUT2D eigenvalue weighted by Crippen LogP contribution is -2.40. The quantitative estimate of drug-likeness (QED) is 0.783. The second-order valence-corrected chi connectivity index (χ2v) is 7.80. The van der Waals surface area contributed by atoms with Gasteiger partial charge in [0.1, 0.15) is 0 Å². The molecule has 0 unspecified atom stereocenters. The van der Waals surface area contributed by atoms with E-state index in [2.05, 4.69) is 12.2 Å². The van der Waals surface area contributed by atoms with Crippen LogP contribution in [0.2, 0.25) is 0 Å². The largest absolute Gasteiger partial charge is 0.478 e. The van der Waals surface area contributed by atoms with Gasteiger partial charge in [-0.25, -0.2) is 4.79 Å². The first-order valence-electron chi connectivity index (χ1n) is 8.29. The maximum Gasteiger partial charge on any atom is 0.336 e. The highest BCUT2D eigenvalue weighted by Crippen LogP contribution is 2.49. The summed E-state index contributed by atoms with van der Waals surface area (Å²) >= 11 is 1.29. The van der Waals surface area contributed by atoms with Crippen molar-refractivity contribution in [2.24, 2.45) is 17.8 Å². The minimum Gasteiger partial charge on any atom is -0.478 e. The van der Waals surface area contributed by atoms with E-state index >= 15 is 0 Å². The molecule has 2 fully saturated rings. The number of amides is 1. The van der Waals surface area contributed by atoms with E-state index in [-0.39, 0.29) is 23.3 Å². The molecule has 4 atom stereocenters. The van der Waals surface area contributed by atoms with Gasteiger partial charge in [-0.1, -0.05) is 18.6 Å². The van der Waals surface area contributed by atoms with Crippen molar-refractivity contribution in [2.75, 3.05) is 5.75 Å². The summed E-state index contributed by atoms with van der Waals surface area (Å²) in [6, 6.07) is 7.03. The fourth-order valence-corrected chi connectivity index (χ4v) is 5.08. The highest BCUT2D eigenvalue weighted by molar-refractivity contribution is 8.00. The van der Waals surface area contributed by atoms with Crippen molar-refractivity contribution in [1.82, 2.24) is 5.32 Å². The molecular formula is C18H23NO3S. The molecule has 0 aromatic heterocycles. The van der Waals surface area contributed by atoms with Crippen LogP contribution >= 0.6 is 11.8 Å². The zero-order valence-corrected chi connectivity index (χ0v) is 14.1. The molecule has 2 aliphatic carbocycles. The number of hydrogen-bond donors (Lipinski definition) is 2. The van der Waals surface area contributed by atoms with Crippen LogP contribution in [0, 0.1) is 17.8 Å². The Labute approximate surface area is 141 Å². The van der Waals surface area contributed by atoms with Gasteiger partial charge in [-0.05, 0) is 56.1 Å². The third-order valence-corrected chi connectivity index (χ3v) is 6.37. The van der Waals surface area contributed by atoms with E-state index in [1.165, 1.54) is 37.4 Å². The number of hydrogen-bond acceptors (Lipinski definition) is 3. The Morgan fingerprint density at radius 3 is 2.74 bits per heavy atom. The molecule has 0 spiro atoms. The normalized spacial score (nSPS) is 26.9. The first-order chi connectivity index (χ1) is 11.0. The van der Waals surface area contributed by atoms with Gasteiger partial charge in [-0.3, -0.25) is 4.79 Å². The third-order valence-electron chi connectivity index (χ3n) is 5.30. The topological polar surface area (TPSA) is 66.4 Å². The van der Waals surface area contributed by atoms with E-state index < -0.39 is 5.97 Å². The lowest BCUT2D eigenvalue weighted by atomic mass is 9.84. The number of fused-ring (bicyclic) bond motifs is 2. The summed E-state index contributed by atoms with van der Waals surface area (Å²) in [7, 11) is 0. The predicted molar refractivity (Wildman–Crippen MR) is 90.7 cm³/mol. The first kappa shape index (κ1) is 16.4. The highest BCUT2D eigenvalue weighted by atomic mass is 32.2. The molecule has 1 aromatic rings. The molecule has 0 saturated heterocycles. The Balaban J connectivity index is 1.51. The molecule has 2 N–H and O–H groups in total. The number of aromatic carboxylic acids is 1. The number of nitrogens with one attached hydrogen (secondary N) is 1. The summed E-state index contributed by atoms with van der Waals surface area (Å²) in [5, 5.41) is 12.3. The molecule has 2 bridgehead atoms. The molecule has 124 valence electrons. The van der Waals surface area contributed by atoms with Crippen LogP contribution in [0.25, 0.3) is 0 Å². The summed E-state index contributed by atoms with van der Waals surface area (Å²) in [6.45, 7) is 2.11. The second kappa shape index (κ2) is 6.95. The standard InChI is InChI=1S/C18H23NO3S/c1-11(15-9-12-6-7-13(15)8-12)19-17(20)10-23-16-5-3-2-4-14(16)18(21)22/h2-5,11-13,15H,6-10H2,1H3,(H,19,20)(H,21,22)/t11-,12-,13-,15-/m0/s1. The van der Waals surface area contributed by atoms with Crippen molar-refractivity contribution in [2.45, 2.75) is 43.5 Å². The zero-order chi connectivity index (χ0) is 16.4. The van der Waals surface area contributed by atoms with Crippen LogP contribution in [0.4, 0.5) is 0 Å². The van der Waals surface area contributed by atoms with Gasteiger partial charge in [0.2, 0.25) is 5.91 Å². The van der Waals surface area contributed by atoms with E-state index in [9.17, 15) is 9.59 Å². The van der Waals surface area contributed by atoms with Gasteiger partial charge >= 0.3 is 5.97 Å². The molecule has 0 radical (unpaired) electrons. The first-order valence-corrected chi connectivity index (χ1v) is 9.27. The summed E-state index contributed by atoms with van der Waals surface area (Å²) in [6.07, 6.45) is 5.27. The molecule has 0 aliphatic heterocycles. The Morgan fingerprint density at radius 1 is 1.30 bits per heavy atom. The Bertz CT molecular complexity index is 604.